The zero-order chi connectivity index (χ0) is 28.3. The van der Waals surface area contributed by atoms with Crippen LogP contribution < -0.4 is 15.6 Å². The van der Waals surface area contributed by atoms with E-state index in [1.807, 2.05) is 25.1 Å². The zero-order valence-electron chi connectivity index (χ0n) is 22.0. The Labute approximate surface area is 232 Å². The first kappa shape index (κ1) is 26.3. The lowest BCUT2D eigenvalue weighted by Crippen LogP contribution is -2.68. The van der Waals surface area contributed by atoms with Crippen molar-refractivity contribution in [1.29, 1.82) is 0 Å². The Bertz CT molecular complexity index is 1650. The number of aliphatic hydroxyl groups excluding tert-OH is 1. The maximum Gasteiger partial charge on any atom is 0.552 e. The van der Waals surface area contributed by atoms with Gasteiger partial charge in [-0.25, -0.2) is 8.78 Å². The van der Waals surface area contributed by atoms with Crippen LogP contribution in [0, 0.1) is 11.6 Å². The number of benzene rings is 2. The number of amides is 1. The van der Waals surface area contributed by atoms with Gasteiger partial charge in [-0.3, -0.25) is 19.7 Å². The van der Waals surface area contributed by atoms with E-state index in [1.54, 1.807) is 11.0 Å². The van der Waals surface area contributed by atoms with E-state index in [2.05, 4.69) is 5.43 Å². The highest BCUT2D eigenvalue weighted by molar-refractivity contribution is 7.98. The summed E-state index contributed by atoms with van der Waals surface area (Å²) in [5.41, 5.74) is 4.42. The van der Waals surface area contributed by atoms with Gasteiger partial charge in [-0.15, -0.1) is 11.8 Å². The number of rotatable bonds is 2. The molecule has 1 aromatic heterocycles. The summed E-state index contributed by atoms with van der Waals surface area (Å²) >= 11 is 1.43. The van der Waals surface area contributed by atoms with Gasteiger partial charge in [-0.2, -0.15) is 4.58 Å². The molecule has 2 aromatic carbocycles. The minimum absolute atomic E-state index is 0.0482. The first-order chi connectivity index (χ1) is 19.1. The summed E-state index contributed by atoms with van der Waals surface area (Å²) in [5.74, 6) is -2.17. The molecule has 208 valence electrons. The molecular weight excluding hydrogens is 542 g/mol. The average molecular weight is 570 g/mol. The van der Waals surface area contributed by atoms with Crippen LogP contribution in [0.4, 0.5) is 8.78 Å². The van der Waals surface area contributed by atoms with Gasteiger partial charge in [-0.1, -0.05) is 18.2 Å². The fraction of sp³-hybridized carbons (Fsp3) is 0.321. The number of aliphatic hydroxyl groups is 1. The van der Waals surface area contributed by atoms with Gasteiger partial charge in [0, 0.05) is 35.0 Å². The van der Waals surface area contributed by atoms with Crippen LogP contribution in [-0.4, -0.2) is 64.2 Å². The Morgan fingerprint density at radius 3 is 2.77 bits per heavy atom. The Morgan fingerprint density at radius 2 is 2.00 bits per heavy atom. The van der Waals surface area contributed by atoms with Crippen molar-refractivity contribution in [3.8, 4) is 5.75 Å². The van der Waals surface area contributed by atoms with Gasteiger partial charge >= 0.3 is 6.08 Å². The van der Waals surface area contributed by atoms with E-state index >= 15 is 0 Å². The predicted molar refractivity (Wildman–Crippen MR) is 144 cm³/mol. The normalized spacial score (nSPS) is 21.3. The SMILES string of the molecule is C[N+](C)=C(O)Oc1c2n(ccc1=O)N[C@]1(C)[C@H](c3cccc4c3Cc3ccc(F)c(F)c3CS4)OCCN1C2=O. The number of thioether (sulfide) groups is 1. The number of nitrogens with one attached hydrogen (secondary N) is 1. The summed E-state index contributed by atoms with van der Waals surface area (Å²) < 4.78 is 43.1. The largest absolute Gasteiger partial charge is 0.552 e. The minimum atomic E-state index is -1.09. The second kappa shape index (κ2) is 9.63. The maximum absolute atomic E-state index is 14.7. The molecule has 3 aliphatic heterocycles. The molecule has 0 saturated carbocycles. The van der Waals surface area contributed by atoms with Crippen molar-refractivity contribution < 1.29 is 32.7 Å². The number of fused-ring (bicyclic) bond motifs is 4. The monoisotopic (exact) mass is 569 g/mol. The molecule has 4 heterocycles. The van der Waals surface area contributed by atoms with E-state index in [1.165, 1.54) is 47.4 Å². The van der Waals surface area contributed by atoms with Crippen molar-refractivity contribution in [2.75, 3.05) is 32.7 Å². The molecular formula is C28H27F2N4O5S+. The molecule has 0 spiro atoms. The van der Waals surface area contributed by atoms with Crippen LogP contribution in [0.3, 0.4) is 0 Å². The van der Waals surface area contributed by atoms with Gasteiger partial charge in [0.15, 0.2) is 23.0 Å². The van der Waals surface area contributed by atoms with Crippen LogP contribution in [0.15, 0.2) is 52.3 Å². The Kier molecular flexibility index (Phi) is 6.34. The second-order valence-electron chi connectivity index (χ2n) is 10.3. The van der Waals surface area contributed by atoms with Crippen LogP contribution in [-0.2, 0) is 16.9 Å². The van der Waals surface area contributed by atoms with Gasteiger partial charge in [0.1, 0.15) is 20.2 Å². The van der Waals surface area contributed by atoms with Crippen molar-refractivity contribution in [3.63, 3.8) is 0 Å². The Hall–Kier alpha value is -3.90. The molecule has 12 heteroatoms. The summed E-state index contributed by atoms with van der Waals surface area (Å²) in [7, 11) is 3.08. The average Bonchev–Trinajstić information content (AvgIpc) is 3.12. The van der Waals surface area contributed by atoms with Gasteiger partial charge in [0.2, 0.25) is 11.2 Å². The molecule has 0 radical (unpaired) electrons. The van der Waals surface area contributed by atoms with Crippen molar-refractivity contribution in [2.45, 2.75) is 35.8 Å². The molecule has 3 aliphatic rings. The highest BCUT2D eigenvalue weighted by Gasteiger charge is 2.52. The molecule has 0 aliphatic carbocycles. The van der Waals surface area contributed by atoms with E-state index in [9.17, 15) is 23.5 Å². The third kappa shape index (κ3) is 4.05. The fourth-order valence-electron chi connectivity index (χ4n) is 5.53. The molecule has 1 saturated heterocycles. The molecule has 2 atom stereocenters. The molecule has 6 rings (SSSR count). The number of ether oxygens (including phenoxy) is 2. The number of nitrogens with zero attached hydrogens (tertiary/aromatic N) is 3. The highest BCUT2D eigenvalue weighted by atomic mass is 32.2. The quantitative estimate of drug-likeness (QED) is 0.278. The van der Waals surface area contributed by atoms with E-state index in [4.69, 9.17) is 9.47 Å². The lowest BCUT2D eigenvalue weighted by molar-refractivity contribution is -0.482. The summed E-state index contributed by atoms with van der Waals surface area (Å²) in [6.07, 6.45) is 0.633. The number of aromatic nitrogens is 1. The molecule has 1 fully saturated rings. The number of morpholine rings is 1. The number of carbonyl (C=O) groups is 1. The third-order valence-corrected chi connectivity index (χ3v) is 8.71. The smallest absolute Gasteiger partial charge is 0.430 e. The Balaban J connectivity index is 1.45. The van der Waals surface area contributed by atoms with E-state index in [-0.39, 0.29) is 24.6 Å². The van der Waals surface area contributed by atoms with Crippen LogP contribution in [0.1, 0.15) is 45.8 Å². The third-order valence-electron chi connectivity index (χ3n) is 7.58. The first-order valence-corrected chi connectivity index (χ1v) is 13.7. The summed E-state index contributed by atoms with van der Waals surface area (Å²) in [5, 5.41) is 10.2. The van der Waals surface area contributed by atoms with Crippen molar-refractivity contribution in [1.82, 2.24) is 9.58 Å². The maximum atomic E-state index is 14.7. The molecule has 40 heavy (non-hydrogen) atoms. The topological polar surface area (TPSA) is 96.0 Å². The number of pyridine rings is 1. The van der Waals surface area contributed by atoms with E-state index in [0.717, 1.165) is 22.1 Å². The van der Waals surface area contributed by atoms with Crippen molar-refractivity contribution >= 4 is 23.8 Å². The molecule has 1 amide bonds. The van der Waals surface area contributed by atoms with Gasteiger partial charge in [0.25, 0.3) is 5.91 Å². The van der Waals surface area contributed by atoms with Gasteiger partial charge in [0.05, 0.1) is 6.61 Å². The molecule has 0 bridgehead atoms. The highest BCUT2D eigenvalue weighted by Crippen LogP contribution is 2.45. The minimum Gasteiger partial charge on any atom is -0.430 e. The number of hydrogen-bond acceptors (Lipinski definition) is 6. The molecule has 2 N–H and O–H groups in total. The van der Waals surface area contributed by atoms with Crippen LogP contribution in [0.5, 0.6) is 5.75 Å². The van der Waals surface area contributed by atoms with Gasteiger partial charge in [-0.05, 0) is 42.2 Å². The Morgan fingerprint density at radius 1 is 1.20 bits per heavy atom. The zero-order valence-corrected chi connectivity index (χ0v) is 22.8. The van der Waals surface area contributed by atoms with Crippen molar-refractivity contribution in [3.05, 3.63) is 92.4 Å². The van der Waals surface area contributed by atoms with Crippen LogP contribution in [0.2, 0.25) is 0 Å². The summed E-state index contributed by atoms with van der Waals surface area (Å²) in [6.45, 7) is 2.30. The fourth-order valence-corrected chi connectivity index (χ4v) is 6.69. The number of carbonyl (C=O) groups excluding carboxylic acids is 1. The molecule has 0 unspecified atom stereocenters. The lowest BCUT2D eigenvalue weighted by atomic mass is 9.87. The number of hydrogen-bond donors (Lipinski definition) is 2. The summed E-state index contributed by atoms with van der Waals surface area (Å²) in [4.78, 5) is 29.2. The van der Waals surface area contributed by atoms with Crippen molar-refractivity contribution in [2.24, 2.45) is 0 Å². The van der Waals surface area contributed by atoms with E-state index < -0.39 is 40.8 Å². The van der Waals surface area contributed by atoms with Crippen LogP contribution in [0.25, 0.3) is 0 Å². The van der Waals surface area contributed by atoms with E-state index in [0.29, 0.717) is 23.3 Å². The number of halogens is 2. The van der Waals surface area contributed by atoms with Crippen LogP contribution >= 0.6 is 11.8 Å². The summed E-state index contributed by atoms with van der Waals surface area (Å²) in [6, 6.07) is 9.78. The predicted octanol–water partition coefficient (Wildman–Crippen LogP) is 3.37. The second-order valence-corrected chi connectivity index (χ2v) is 11.3. The first-order valence-electron chi connectivity index (χ1n) is 12.7. The standard InChI is InChI=1S/C28H26F2N4O5S/c1-28-25(16-5-4-6-21-17(16)13-15-7-8-19(29)22(30)18(15)14-40-21)38-12-11-33(28)26(36)23-24(39-27(37)32(2)3)20(35)9-10-34(23)31-28/h4-10,25,31H,11-14H2,1-3H3/p+1/t25-,28-/m0/s1. The van der Waals surface area contributed by atoms with Gasteiger partial charge < -0.3 is 19.5 Å². The molecule has 3 aromatic rings. The molecule has 9 nitrogen and oxygen atoms in total. The lowest BCUT2D eigenvalue weighted by Gasteiger charge is -2.53.